The molecule has 0 bridgehead atoms. The van der Waals surface area contributed by atoms with Gasteiger partial charge in [-0.25, -0.2) is 0 Å². The van der Waals surface area contributed by atoms with E-state index in [0.29, 0.717) is 24.4 Å². The number of aliphatic hydroxyl groups excluding tert-OH is 1. The minimum atomic E-state index is -0.128. The highest BCUT2D eigenvalue weighted by atomic mass is 16.5. The second-order valence-electron chi connectivity index (χ2n) is 9.07. The van der Waals surface area contributed by atoms with E-state index in [0.717, 1.165) is 12.8 Å². The van der Waals surface area contributed by atoms with Crippen LogP contribution >= 0.6 is 0 Å². The van der Waals surface area contributed by atoms with Gasteiger partial charge in [0.25, 0.3) is 0 Å². The van der Waals surface area contributed by atoms with E-state index >= 15 is 0 Å². The summed E-state index contributed by atoms with van der Waals surface area (Å²) in [6.45, 7) is 4.24. The van der Waals surface area contributed by atoms with Crippen molar-refractivity contribution in [3.63, 3.8) is 0 Å². The molecular formula is C21H32O3. The molecule has 1 N–H and O–H groups in total. The Bertz CT molecular complexity index is 553. The Morgan fingerprint density at radius 2 is 2.08 bits per heavy atom. The third-order valence-corrected chi connectivity index (χ3v) is 8.25. The van der Waals surface area contributed by atoms with E-state index in [1.54, 1.807) is 12.5 Å². The van der Waals surface area contributed by atoms with E-state index in [-0.39, 0.29) is 22.9 Å². The van der Waals surface area contributed by atoms with E-state index in [2.05, 4.69) is 13.0 Å². The maximum atomic E-state index is 11.5. The Morgan fingerprint density at radius 1 is 1.25 bits per heavy atom. The number of hydrogen-bond acceptors (Lipinski definition) is 3. The van der Waals surface area contributed by atoms with Gasteiger partial charge in [0.2, 0.25) is 0 Å². The van der Waals surface area contributed by atoms with Crippen LogP contribution in [0, 0.1) is 28.6 Å². The fourth-order valence-corrected chi connectivity index (χ4v) is 7.17. The SMILES string of the molecule is CC(=O)OC1CC[C@H]2[C@@H]3CCC4=CCCC[C@]4(CO)[C@H]3CC[C@]12C. The molecule has 0 saturated heterocycles. The van der Waals surface area contributed by atoms with E-state index < -0.39 is 0 Å². The molecule has 0 aromatic rings. The Kier molecular flexibility index (Phi) is 4.06. The first-order valence-corrected chi connectivity index (χ1v) is 9.99. The maximum Gasteiger partial charge on any atom is 0.302 e. The molecule has 4 rings (SSSR count). The molecule has 3 heteroatoms. The van der Waals surface area contributed by atoms with Crippen LogP contribution in [0.4, 0.5) is 0 Å². The zero-order chi connectivity index (χ0) is 16.9. The van der Waals surface area contributed by atoms with Gasteiger partial charge in [-0.2, -0.15) is 0 Å². The average Bonchev–Trinajstić information content (AvgIpc) is 2.90. The number of aliphatic hydroxyl groups is 1. The van der Waals surface area contributed by atoms with E-state index in [1.165, 1.54) is 44.9 Å². The Morgan fingerprint density at radius 3 is 2.83 bits per heavy atom. The van der Waals surface area contributed by atoms with E-state index in [9.17, 15) is 9.90 Å². The molecule has 0 radical (unpaired) electrons. The summed E-state index contributed by atoms with van der Waals surface area (Å²) in [6.07, 6.45) is 13.1. The average molecular weight is 332 g/mol. The van der Waals surface area contributed by atoms with Crippen molar-refractivity contribution in [1.29, 1.82) is 0 Å². The zero-order valence-electron chi connectivity index (χ0n) is 15.2. The summed E-state index contributed by atoms with van der Waals surface area (Å²) >= 11 is 0. The Balaban J connectivity index is 1.63. The number of rotatable bonds is 2. The molecule has 3 saturated carbocycles. The second-order valence-corrected chi connectivity index (χ2v) is 9.07. The van der Waals surface area contributed by atoms with Crippen molar-refractivity contribution in [3.05, 3.63) is 11.6 Å². The topological polar surface area (TPSA) is 46.5 Å². The molecule has 6 atom stereocenters. The molecule has 24 heavy (non-hydrogen) atoms. The first-order valence-electron chi connectivity index (χ1n) is 9.99. The van der Waals surface area contributed by atoms with Crippen LogP contribution in [0.2, 0.25) is 0 Å². The zero-order valence-corrected chi connectivity index (χ0v) is 15.2. The molecule has 0 heterocycles. The minimum Gasteiger partial charge on any atom is -0.462 e. The van der Waals surface area contributed by atoms with Crippen molar-refractivity contribution in [2.24, 2.45) is 28.6 Å². The molecule has 0 aromatic carbocycles. The lowest BCUT2D eigenvalue weighted by Crippen LogP contribution is -2.53. The molecule has 1 unspecified atom stereocenters. The predicted molar refractivity (Wildman–Crippen MR) is 93.3 cm³/mol. The fraction of sp³-hybridized carbons (Fsp3) is 0.857. The van der Waals surface area contributed by atoms with E-state index in [4.69, 9.17) is 4.74 Å². The maximum absolute atomic E-state index is 11.5. The van der Waals surface area contributed by atoms with Crippen molar-refractivity contribution in [2.75, 3.05) is 6.61 Å². The van der Waals surface area contributed by atoms with Crippen molar-refractivity contribution in [3.8, 4) is 0 Å². The van der Waals surface area contributed by atoms with Crippen LogP contribution in [0.5, 0.6) is 0 Å². The molecule has 3 fully saturated rings. The van der Waals surface area contributed by atoms with Gasteiger partial charge in [-0.15, -0.1) is 0 Å². The molecule has 0 aliphatic heterocycles. The number of ether oxygens (including phenoxy) is 1. The first-order chi connectivity index (χ1) is 11.5. The highest BCUT2D eigenvalue weighted by molar-refractivity contribution is 5.66. The summed E-state index contributed by atoms with van der Waals surface area (Å²) in [6, 6.07) is 0. The van der Waals surface area contributed by atoms with Gasteiger partial charge in [0.1, 0.15) is 6.10 Å². The smallest absolute Gasteiger partial charge is 0.302 e. The highest BCUT2D eigenvalue weighted by Crippen LogP contribution is 2.65. The Labute approximate surface area is 145 Å². The molecule has 0 amide bonds. The second kappa shape index (κ2) is 5.86. The molecule has 0 aromatic heterocycles. The summed E-state index contributed by atoms with van der Waals surface area (Å²) in [5.41, 5.74) is 1.79. The first kappa shape index (κ1) is 16.6. The molecule has 0 spiro atoms. The van der Waals surface area contributed by atoms with E-state index in [1.807, 2.05) is 0 Å². The monoisotopic (exact) mass is 332 g/mol. The third-order valence-electron chi connectivity index (χ3n) is 8.25. The predicted octanol–water partition coefficient (Wildman–Crippen LogP) is 4.24. The largest absolute Gasteiger partial charge is 0.462 e. The number of carbonyl (C=O) groups is 1. The lowest BCUT2D eigenvalue weighted by Gasteiger charge is -2.58. The lowest BCUT2D eigenvalue weighted by atomic mass is 9.47. The quantitative estimate of drug-likeness (QED) is 0.607. The standard InChI is InChI=1S/C21H32O3/c1-14(23)24-19-9-8-17-16-7-6-15-5-3-4-11-21(15,13-22)18(16)10-12-20(17,19)2/h5,16-19,22H,3-4,6-13H2,1-2H3/t16-,17-,18-,19?,20-,21+/m0/s1. The molecular weight excluding hydrogens is 300 g/mol. The van der Waals surface area contributed by atoms with Gasteiger partial charge in [-0.3, -0.25) is 4.79 Å². The third kappa shape index (κ3) is 2.23. The van der Waals surface area contributed by atoms with Gasteiger partial charge in [-0.1, -0.05) is 18.6 Å². The van der Waals surface area contributed by atoms with Crippen LogP contribution in [-0.2, 0) is 9.53 Å². The Hall–Kier alpha value is -0.830. The van der Waals surface area contributed by atoms with Gasteiger partial charge in [0, 0.05) is 17.8 Å². The van der Waals surface area contributed by atoms with Gasteiger partial charge < -0.3 is 9.84 Å². The fourth-order valence-electron chi connectivity index (χ4n) is 7.17. The van der Waals surface area contributed by atoms with Crippen LogP contribution in [0.3, 0.4) is 0 Å². The number of hydrogen-bond donors (Lipinski definition) is 1. The van der Waals surface area contributed by atoms with Gasteiger partial charge in [0.05, 0.1) is 6.61 Å². The van der Waals surface area contributed by atoms with Crippen LogP contribution in [0.15, 0.2) is 11.6 Å². The van der Waals surface area contributed by atoms with Crippen molar-refractivity contribution in [1.82, 2.24) is 0 Å². The van der Waals surface area contributed by atoms with Gasteiger partial charge in [-0.05, 0) is 75.5 Å². The van der Waals surface area contributed by atoms with Gasteiger partial charge >= 0.3 is 5.97 Å². The number of fused-ring (bicyclic) bond motifs is 5. The van der Waals surface area contributed by atoms with Crippen molar-refractivity contribution < 1.29 is 14.6 Å². The van der Waals surface area contributed by atoms with Crippen molar-refractivity contribution in [2.45, 2.75) is 77.7 Å². The normalized spacial score (nSPS) is 47.2. The van der Waals surface area contributed by atoms with Crippen LogP contribution in [0.1, 0.15) is 71.6 Å². The molecule has 3 nitrogen and oxygen atoms in total. The summed E-state index contributed by atoms with van der Waals surface area (Å²) in [7, 11) is 0. The van der Waals surface area contributed by atoms with Crippen molar-refractivity contribution >= 4 is 5.97 Å². The van der Waals surface area contributed by atoms with Crippen LogP contribution < -0.4 is 0 Å². The van der Waals surface area contributed by atoms with Crippen LogP contribution in [0.25, 0.3) is 0 Å². The number of allylic oxidation sites excluding steroid dienone is 1. The lowest BCUT2D eigenvalue weighted by molar-refractivity contribution is -0.158. The van der Waals surface area contributed by atoms with Crippen LogP contribution in [-0.4, -0.2) is 23.8 Å². The number of carbonyl (C=O) groups excluding carboxylic acids is 1. The molecule has 4 aliphatic carbocycles. The summed E-state index contributed by atoms with van der Waals surface area (Å²) in [5, 5.41) is 10.4. The molecule has 134 valence electrons. The number of esters is 1. The highest BCUT2D eigenvalue weighted by Gasteiger charge is 2.60. The molecule has 4 aliphatic rings. The minimum absolute atomic E-state index is 0.0714. The summed E-state index contributed by atoms with van der Waals surface area (Å²) in [5.74, 6) is 1.87. The van der Waals surface area contributed by atoms with Gasteiger partial charge in [0.15, 0.2) is 0 Å². The summed E-state index contributed by atoms with van der Waals surface area (Å²) < 4.78 is 5.72. The summed E-state index contributed by atoms with van der Waals surface area (Å²) in [4.78, 5) is 11.5.